The van der Waals surface area contributed by atoms with Crippen molar-refractivity contribution >= 4 is 40.8 Å². The van der Waals surface area contributed by atoms with E-state index in [-0.39, 0.29) is 22.0 Å². The number of amides is 2. The van der Waals surface area contributed by atoms with Crippen molar-refractivity contribution in [3.05, 3.63) is 58.6 Å². The molecule has 0 heterocycles. The summed E-state index contributed by atoms with van der Waals surface area (Å²) in [5.74, 6) is -4.89. The molecule has 0 aliphatic heterocycles. The Morgan fingerprint density at radius 3 is 2.20 bits per heavy atom. The molecule has 0 aromatic heterocycles. The number of nitrogens with one attached hydrogen (secondary N) is 2. The predicted octanol–water partition coefficient (Wildman–Crippen LogP) is 2.98. The summed E-state index contributed by atoms with van der Waals surface area (Å²) < 4.78 is 30.8. The van der Waals surface area contributed by atoms with E-state index < -0.39 is 29.4 Å². The van der Waals surface area contributed by atoms with Gasteiger partial charge in [0, 0.05) is 6.07 Å². The minimum absolute atomic E-state index is 0.00991. The van der Waals surface area contributed by atoms with Crippen molar-refractivity contribution in [2.45, 2.75) is 0 Å². The number of ether oxygens (including phenoxy) is 1. The Labute approximate surface area is 145 Å². The van der Waals surface area contributed by atoms with Gasteiger partial charge in [-0.3, -0.25) is 9.59 Å². The molecule has 0 aliphatic rings. The van der Waals surface area contributed by atoms with Gasteiger partial charge in [0.25, 0.3) is 0 Å². The average Bonchev–Trinajstić information content (AvgIpc) is 2.58. The second kappa shape index (κ2) is 7.71. The molecule has 0 fully saturated rings. The van der Waals surface area contributed by atoms with Crippen LogP contribution in [0, 0.1) is 11.6 Å². The highest BCUT2D eigenvalue weighted by Gasteiger charge is 2.18. The molecule has 0 bridgehead atoms. The molecule has 0 atom stereocenters. The Morgan fingerprint density at radius 1 is 0.960 bits per heavy atom. The molecule has 0 unspecified atom stereocenters. The van der Waals surface area contributed by atoms with Crippen LogP contribution in [0.15, 0.2) is 36.4 Å². The van der Waals surface area contributed by atoms with Gasteiger partial charge >= 0.3 is 17.8 Å². The zero-order valence-corrected chi connectivity index (χ0v) is 13.5. The molecule has 2 N–H and O–H groups in total. The second-order valence-electron chi connectivity index (χ2n) is 4.72. The number of anilines is 2. The fourth-order valence-electron chi connectivity index (χ4n) is 1.81. The maximum absolute atomic E-state index is 13.5. The van der Waals surface area contributed by atoms with Crippen molar-refractivity contribution in [3.63, 3.8) is 0 Å². The molecule has 0 saturated heterocycles. The highest BCUT2D eigenvalue weighted by molar-refractivity contribution is 6.44. The number of halogens is 3. The van der Waals surface area contributed by atoms with E-state index in [0.29, 0.717) is 6.07 Å². The quantitative estimate of drug-likeness (QED) is 0.644. The van der Waals surface area contributed by atoms with Crippen molar-refractivity contribution in [3.8, 4) is 0 Å². The minimum atomic E-state index is -1.20. The van der Waals surface area contributed by atoms with Gasteiger partial charge < -0.3 is 15.4 Å². The van der Waals surface area contributed by atoms with Crippen molar-refractivity contribution in [2.24, 2.45) is 0 Å². The number of benzene rings is 2. The molecule has 0 radical (unpaired) electrons. The van der Waals surface area contributed by atoms with E-state index in [0.717, 1.165) is 12.1 Å². The van der Waals surface area contributed by atoms with Crippen LogP contribution in [0.2, 0.25) is 5.02 Å². The first-order valence-corrected chi connectivity index (χ1v) is 7.15. The number of carbonyl (C=O) groups is 3. The molecule has 25 heavy (non-hydrogen) atoms. The number of hydrogen-bond donors (Lipinski definition) is 2. The fourth-order valence-corrected chi connectivity index (χ4v) is 1.98. The topological polar surface area (TPSA) is 84.5 Å². The molecule has 2 amide bonds. The summed E-state index contributed by atoms with van der Waals surface area (Å²) in [7, 11) is 1.18. The summed E-state index contributed by atoms with van der Waals surface area (Å²) in [6, 6.07) is 6.38. The van der Waals surface area contributed by atoms with Crippen LogP contribution < -0.4 is 10.6 Å². The molecular weight excluding hydrogens is 358 g/mol. The van der Waals surface area contributed by atoms with E-state index in [9.17, 15) is 23.2 Å². The highest BCUT2D eigenvalue weighted by atomic mass is 35.5. The Morgan fingerprint density at radius 2 is 1.60 bits per heavy atom. The maximum atomic E-state index is 13.5. The maximum Gasteiger partial charge on any atom is 0.337 e. The fraction of sp³-hybridized carbons (Fsp3) is 0.0625. The molecule has 9 heteroatoms. The third-order valence-corrected chi connectivity index (χ3v) is 3.35. The standard InChI is InChI=1S/C16H11ClF2N2O4/c1-25-16(24)8-2-4-10(17)13(6-8)21-15(23)14(22)20-12-5-3-9(18)7-11(12)19/h2-7H,1H3,(H,20,22)(H,21,23). The number of methoxy groups -OCH3 is 1. The lowest BCUT2D eigenvalue weighted by atomic mass is 10.2. The van der Waals surface area contributed by atoms with Gasteiger partial charge in [0.15, 0.2) is 0 Å². The van der Waals surface area contributed by atoms with Crippen LogP contribution in [0.1, 0.15) is 10.4 Å². The zero-order chi connectivity index (χ0) is 18.6. The van der Waals surface area contributed by atoms with Gasteiger partial charge in [0.05, 0.1) is 29.1 Å². The van der Waals surface area contributed by atoms with Crippen molar-refractivity contribution in [2.75, 3.05) is 17.7 Å². The molecular formula is C16H11ClF2N2O4. The summed E-state index contributed by atoms with van der Waals surface area (Å²) >= 11 is 5.90. The first-order valence-electron chi connectivity index (χ1n) is 6.77. The van der Waals surface area contributed by atoms with Crippen LogP contribution in [0.3, 0.4) is 0 Å². The Hall–Kier alpha value is -3.00. The van der Waals surface area contributed by atoms with Crippen molar-refractivity contribution in [1.29, 1.82) is 0 Å². The Bertz CT molecular complexity index is 858. The SMILES string of the molecule is COC(=O)c1ccc(Cl)c(NC(=O)C(=O)Nc2ccc(F)cc2F)c1. The molecule has 0 saturated carbocycles. The lowest BCUT2D eigenvalue weighted by Gasteiger charge is -2.09. The predicted molar refractivity (Wildman–Crippen MR) is 86.4 cm³/mol. The number of carbonyl (C=O) groups excluding carboxylic acids is 3. The van der Waals surface area contributed by atoms with E-state index in [1.54, 1.807) is 0 Å². The first-order chi connectivity index (χ1) is 11.8. The van der Waals surface area contributed by atoms with Gasteiger partial charge in [0.2, 0.25) is 0 Å². The Balaban J connectivity index is 2.13. The molecule has 6 nitrogen and oxygen atoms in total. The molecule has 130 valence electrons. The lowest BCUT2D eigenvalue weighted by molar-refractivity contribution is -0.133. The molecule has 0 spiro atoms. The zero-order valence-electron chi connectivity index (χ0n) is 12.7. The largest absolute Gasteiger partial charge is 0.465 e. The number of esters is 1. The van der Waals surface area contributed by atoms with Gasteiger partial charge in [-0.1, -0.05) is 11.6 Å². The van der Waals surface area contributed by atoms with Gasteiger partial charge in [-0.2, -0.15) is 0 Å². The van der Waals surface area contributed by atoms with Gasteiger partial charge in [-0.05, 0) is 30.3 Å². The van der Waals surface area contributed by atoms with Gasteiger partial charge in [0.1, 0.15) is 11.6 Å². The molecule has 2 aromatic carbocycles. The second-order valence-corrected chi connectivity index (χ2v) is 5.13. The average molecular weight is 369 g/mol. The summed E-state index contributed by atoms with van der Waals surface area (Å²) in [4.78, 5) is 35.2. The third kappa shape index (κ3) is 4.51. The minimum Gasteiger partial charge on any atom is -0.465 e. The van der Waals surface area contributed by atoms with E-state index in [1.165, 1.54) is 25.3 Å². The van der Waals surface area contributed by atoms with Crippen LogP contribution in [-0.4, -0.2) is 24.9 Å². The van der Waals surface area contributed by atoms with Crippen molar-refractivity contribution in [1.82, 2.24) is 0 Å². The summed E-state index contributed by atoms with van der Waals surface area (Å²) in [6.45, 7) is 0. The third-order valence-electron chi connectivity index (χ3n) is 3.02. The molecule has 2 aromatic rings. The lowest BCUT2D eigenvalue weighted by Crippen LogP contribution is -2.29. The van der Waals surface area contributed by atoms with E-state index >= 15 is 0 Å². The number of hydrogen-bond acceptors (Lipinski definition) is 4. The van der Waals surface area contributed by atoms with Crippen molar-refractivity contribution < 1.29 is 27.9 Å². The summed E-state index contributed by atoms with van der Waals surface area (Å²) in [5, 5.41) is 4.26. The van der Waals surface area contributed by atoms with Gasteiger partial charge in [-0.15, -0.1) is 0 Å². The molecule has 0 aliphatic carbocycles. The van der Waals surface area contributed by atoms with Gasteiger partial charge in [-0.25, -0.2) is 13.6 Å². The Kier molecular flexibility index (Phi) is 5.66. The summed E-state index contributed by atoms with van der Waals surface area (Å²) in [5.41, 5.74) is -0.271. The van der Waals surface area contributed by atoms with Crippen LogP contribution in [0.25, 0.3) is 0 Å². The smallest absolute Gasteiger partial charge is 0.337 e. The van der Waals surface area contributed by atoms with Crippen LogP contribution in [0.5, 0.6) is 0 Å². The first kappa shape index (κ1) is 18.3. The van der Waals surface area contributed by atoms with E-state index in [4.69, 9.17) is 11.6 Å². The van der Waals surface area contributed by atoms with Crippen LogP contribution in [0.4, 0.5) is 20.2 Å². The normalized spacial score (nSPS) is 10.1. The van der Waals surface area contributed by atoms with E-state index in [2.05, 4.69) is 10.1 Å². The van der Waals surface area contributed by atoms with Crippen LogP contribution in [-0.2, 0) is 14.3 Å². The molecule has 2 rings (SSSR count). The monoisotopic (exact) mass is 368 g/mol. The van der Waals surface area contributed by atoms with Crippen LogP contribution >= 0.6 is 11.6 Å². The number of rotatable bonds is 3. The van der Waals surface area contributed by atoms with E-state index in [1.807, 2.05) is 5.32 Å². The summed E-state index contributed by atoms with van der Waals surface area (Å²) in [6.07, 6.45) is 0. The highest BCUT2D eigenvalue weighted by Crippen LogP contribution is 2.23.